The maximum Gasteiger partial charge on any atom is 0.272 e. The summed E-state index contributed by atoms with van der Waals surface area (Å²) in [5, 5.41) is 6.32. The molecule has 0 radical (unpaired) electrons. The van der Waals surface area contributed by atoms with Gasteiger partial charge in [-0.05, 0) is 53.6 Å². The van der Waals surface area contributed by atoms with Crippen LogP contribution in [0.1, 0.15) is 66.4 Å². The van der Waals surface area contributed by atoms with E-state index >= 15 is 0 Å². The number of carbonyl (C=O) groups is 1. The van der Waals surface area contributed by atoms with E-state index in [-0.39, 0.29) is 5.91 Å². The SMILES string of the molecule is CC(=NNC(=O)c1cccc2ccccc12)c1ccc(C2CCCCC2)cc1. The fourth-order valence-electron chi connectivity index (χ4n) is 4.12. The Morgan fingerprint density at radius 3 is 2.39 bits per heavy atom. The lowest BCUT2D eigenvalue weighted by atomic mass is 9.84. The van der Waals surface area contributed by atoms with Crippen LogP contribution >= 0.6 is 0 Å². The van der Waals surface area contributed by atoms with Crippen LogP contribution in [0, 0.1) is 0 Å². The van der Waals surface area contributed by atoms with Gasteiger partial charge in [0.2, 0.25) is 0 Å². The van der Waals surface area contributed by atoms with Crippen molar-refractivity contribution in [2.45, 2.75) is 44.9 Å². The van der Waals surface area contributed by atoms with Gasteiger partial charge < -0.3 is 0 Å². The molecule has 0 saturated heterocycles. The van der Waals surface area contributed by atoms with Crippen LogP contribution in [0.5, 0.6) is 0 Å². The van der Waals surface area contributed by atoms with E-state index in [0.717, 1.165) is 22.0 Å². The third kappa shape index (κ3) is 3.99. The molecule has 1 aliphatic carbocycles. The molecule has 142 valence electrons. The van der Waals surface area contributed by atoms with Crippen LogP contribution in [-0.4, -0.2) is 11.6 Å². The number of benzene rings is 3. The number of hydrazone groups is 1. The van der Waals surface area contributed by atoms with E-state index in [0.29, 0.717) is 11.5 Å². The second kappa shape index (κ2) is 8.39. The van der Waals surface area contributed by atoms with Gasteiger partial charge in [-0.3, -0.25) is 4.79 Å². The molecule has 1 amide bonds. The van der Waals surface area contributed by atoms with Crippen LogP contribution in [0.3, 0.4) is 0 Å². The molecule has 0 atom stereocenters. The van der Waals surface area contributed by atoms with Crippen LogP contribution in [0.2, 0.25) is 0 Å². The third-order valence-corrected chi connectivity index (χ3v) is 5.76. The van der Waals surface area contributed by atoms with Crippen LogP contribution in [0.25, 0.3) is 10.8 Å². The molecule has 0 aromatic heterocycles. The second-order valence-corrected chi connectivity index (χ2v) is 7.62. The summed E-state index contributed by atoms with van der Waals surface area (Å²) in [4.78, 5) is 12.6. The first kappa shape index (κ1) is 18.4. The molecule has 3 nitrogen and oxygen atoms in total. The summed E-state index contributed by atoms with van der Waals surface area (Å²) in [5.74, 6) is 0.515. The zero-order valence-electron chi connectivity index (χ0n) is 16.3. The van der Waals surface area contributed by atoms with E-state index < -0.39 is 0 Å². The Labute approximate surface area is 166 Å². The number of carbonyl (C=O) groups excluding carboxylic acids is 1. The van der Waals surface area contributed by atoms with Crippen LogP contribution < -0.4 is 5.43 Å². The van der Waals surface area contributed by atoms with Crippen molar-refractivity contribution < 1.29 is 4.79 Å². The summed E-state index contributed by atoms with van der Waals surface area (Å²) in [7, 11) is 0. The average Bonchev–Trinajstić information content (AvgIpc) is 2.77. The molecule has 0 bridgehead atoms. The maximum atomic E-state index is 12.6. The Morgan fingerprint density at radius 2 is 1.61 bits per heavy atom. The zero-order valence-corrected chi connectivity index (χ0v) is 16.3. The number of nitrogens with one attached hydrogen (secondary N) is 1. The van der Waals surface area contributed by atoms with Gasteiger partial charge in [0.15, 0.2) is 0 Å². The highest BCUT2D eigenvalue weighted by Gasteiger charge is 2.15. The minimum Gasteiger partial charge on any atom is -0.267 e. The molecular weight excluding hydrogens is 344 g/mol. The first-order valence-corrected chi connectivity index (χ1v) is 10.1. The van der Waals surface area contributed by atoms with E-state index in [2.05, 4.69) is 34.8 Å². The van der Waals surface area contributed by atoms with E-state index in [9.17, 15) is 4.79 Å². The Kier molecular flexibility index (Phi) is 5.52. The maximum absolute atomic E-state index is 12.6. The van der Waals surface area contributed by atoms with Crippen molar-refractivity contribution in [2.75, 3.05) is 0 Å². The summed E-state index contributed by atoms with van der Waals surface area (Å²) in [6, 6.07) is 22.3. The summed E-state index contributed by atoms with van der Waals surface area (Å²) in [5.41, 5.74) is 6.63. The monoisotopic (exact) mass is 370 g/mol. The van der Waals surface area contributed by atoms with Gasteiger partial charge in [0.1, 0.15) is 0 Å². The van der Waals surface area contributed by atoms with Crippen molar-refractivity contribution in [1.82, 2.24) is 5.43 Å². The summed E-state index contributed by atoms with van der Waals surface area (Å²) in [6.07, 6.45) is 6.65. The van der Waals surface area contributed by atoms with Crippen molar-refractivity contribution in [2.24, 2.45) is 5.10 Å². The first-order valence-electron chi connectivity index (χ1n) is 10.1. The molecule has 3 aromatic carbocycles. The fraction of sp³-hybridized carbons (Fsp3) is 0.280. The smallest absolute Gasteiger partial charge is 0.267 e. The average molecular weight is 370 g/mol. The number of hydrogen-bond donors (Lipinski definition) is 1. The van der Waals surface area contributed by atoms with Crippen molar-refractivity contribution in [3.63, 3.8) is 0 Å². The number of amides is 1. The largest absolute Gasteiger partial charge is 0.272 e. The van der Waals surface area contributed by atoms with Crippen LogP contribution in [0.15, 0.2) is 71.8 Å². The van der Waals surface area contributed by atoms with Gasteiger partial charge in [0, 0.05) is 5.56 Å². The Hall–Kier alpha value is -2.94. The molecule has 0 aliphatic heterocycles. The zero-order chi connectivity index (χ0) is 19.3. The summed E-state index contributed by atoms with van der Waals surface area (Å²) < 4.78 is 0. The third-order valence-electron chi connectivity index (χ3n) is 5.76. The van der Waals surface area contributed by atoms with Crippen molar-refractivity contribution in [3.05, 3.63) is 83.4 Å². The van der Waals surface area contributed by atoms with E-state index in [4.69, 9.17) is 0 Å². The molecule has 1 fully saturated rings. The molecule has 1 saturated carbocycles. The standard InChI is InChI=1S/C25H26N2O/c1-18(19-14-16-21(17-15-19)20-8-3-2-4-9-20)26-27-25(28)24-13-7-11-22-10-5-6-12-23(22)24/h5-7,10-17,20H,2-4,8-9H2,1H3,(H,27,28). The Bertz CT molecular complexity index is 993. The molecule has 3 aromatic rings. The lowest BCUT2D eigenvalue weighted by Crippen LogP contribution is -2.19. The molecule has 1 N–H and O–H groups in total. The van der Waals surface area contributed by atoms with Gasteiger partial charge >= 0.3 is 0 Å². The topological polar surface area (TPSA) is 41.5 Å². The van der Waals surface area contributed by atoms with Gasteiger partial charge in [-0.25, -0.2) is 5.43 Å². The predicted octanol–water partition coefficient (Wildman–Crippen LogP) is 6.04. The number of rotatable bonds is 4. The quantitative estimate of drug-likeness (QED) is 0.441. The van der Waals surface area contributed by atoms with E-state index in [1.165, 1.54) is 37.7 Å². The van der Waals surface area contributed by atoms with Gasteiger partial charge in [0.25, 0.3) is 5.91 Å². The highest BCUT2D eigenvalue weighted by atomic mass is 16.2. The van der Waals surface area contributed by atoms with Gasteiger partial charge in [-0.2, -0.15) is 5.10 Å². The fourth-order valence-corrected chi connectivity index (χ4v) is 4.12. The number of nitrogens with zero attached hydrogens (tertiary/aromatic N) is 1. The minimum absolute atomic E-state index is 0.185. The summed E-state index contributed by atoms with van der Waals surface area (Å²) in [6.45, 7) is 1.93. The van der Waals surface area contributed by atoms with Crippen molar-refractivity contribution >= 4 is 22.4 Å². The summed E-state index contributed by atoms with van der Waals surface area (Å²) >= 11 is 0. The van der Waals surface area contributed by atoms with Crippen LogP contribution in [-0.2, 0) is 0 Å². The molecule has 0 unspecified atom stereocenters. The molecule has 0 spiro atoms. The second-order valence-electron chi connectivity index (χ2n) is 7.62. The highest BCUT2D eigenvalue weighted by molar-refractivity contribution is 6.07. The molecule has 1 aliphatic rings. The van der Waals surface area contributed by atoms with Gasteiger partial charge in [-0.1, -0.05) is 79.9 Å². The van der Waals surface area contributed by atoms with Crippen molar-refractivity contribution in [1.29, 1.82) is 0 Å². The van der Waals surface area contributed by atoms with E-state index in [1.54, 1.807) is 0 Å². The molecule has 3 heteroatoms. The Balaban J connectivity index is 1.47. The van der Waals surface area contributed by atoms with E-state index in [1.807, 2.05) is 49.4 Å². The van der Waals surface area contributed by atoms with Gasteiger partial charge in [-0.15, -0.1) is 0 Å². The molecule has 28 heavy (non-hydrogen) atoms. The molecular formula is C25H26N2O. The molecule has 0 heterocycles. The number of fused-ring (bicyclic) bond motifs is 1. The van der Waals surface area contributed by atoms with Crippen LogP contribution in [0.4, 0.5) is 0 Å². The predicted molar refractivity (Wildman–Crippen MR) is 116 cm³/mol. The highest BCUT2D eigenvalue weighted by Crippen LogP contribution is 2.32. The minimum atomic E-state index is -0.185. The number of hydrogen-bond acceptors (Lipinski definition) is 2. The first-order chi connectivity index (χ1) is 13.7. The lowest BCUT2D eigenvalue weighted by molar-refractivity contribution is 0.0956. The Morgan fingerprint density at radius 1 is 0.893 bits per heavy atom. The lowest BCUT2D eigenvalue weighted by Gasteiger charge is -2.22. The normalized spacial score (nSPS) is 15.5. The van der Waals surface area contributed by atoms with Gasteiger partial charge in [0.05, 0.1) is 5.71 Å². The molecule has 4 rings (SSSR count). The van der Waals surface area contributed by atoms with Crippen molar-refractivity contribution in [3.8, 4) is 0 Å².